The first-order chi connectivity index (χ1) is 14.8. The topological polar surface area (TPSA) is 96.0 Å². The van der Waals surface area contributed by atoms with Gasteiger partial charge in [0.05, 0.1) is 24.1 Å². The highest BCUT2D eigenvalue weighted by Crippen LogP contribution is 2.18. The third-order valence-electron chi connectivity index (χ3n) is 5.29. The minimum atomic E-state index is -3.14. The lowest BCUT2D eigenvalue weighted by atomic mass is 10.1. The van der Waals surface area contributed by atoms with Gasteiger partial charge in [-0.3, -0.25) is 9.69 Å². The fourth-order valence-corrected chi connectivity index (χ4v) is 4.53. The summed E-state index contributed by atoms with van der Waals surface area (Å²) in [7, 11) is -1.84. The van der Waals surface area contributed by atoms with Crippen molar-refractivity contribution in [1.29, 1.82) is 0 Å². The third-order valence-corrected chi connectivity index (χ3v) is 7.17. The molecule has 1 aliphatic rings. The number of hydrogen-bond acceptors (Lipinski definition) is 6. The van der Waals surface area contributed by atoms with Crippen molar-refractivity contribution in [3.05, 3.63) is 65.2 Å². The molecular formula is C22H27N3O5S. The van der Waals surface area contributed by atoms with Gasteiger partial charge in [0, 0.05) is 38.3 Å². The fraction of sp³-hybridized carbons (Fsp3) is 0.364. The number of esters is 1. The average Bonchev–Trinajstić information content (AvgIpc) is 2.79. The molecule has 2 aromatic carbocycles. The highest BCUT2D eigenvalue weighted by atomic mass is 32.2. The number of benzene rings is 2. The number of sulfonamides is 1. The summed E-state index contributed by atoms with van der Waals surface area (Å²) in [5.74, 6) is -0.708. The van der Waals surface area contributed by atoms with Crippen LogP contribution in [0.5, 0.6) is 0 Å². The molecule has 1 aliphatic heterocycles. The summed E-state index contributed by atoms with van der Waals surface area (Å²) in [5, 5.41) is 2.75. The quantitative estimate of drug-likeness (QED) is 0.657. The molecule has 166 valence electrons. The Bertz CT molecular complexity index is 1030. The van der Waals surface area contributed by atoms with Crippen LogP contribution in [0.2, 0.25) is 0 Å². The maximum Gasteiger partial charge on any atom is 0.339 e. The molecule has 3 rings (SSSR count). The summed E-state index contributed by atoms with van der Waals surface area (Å²) in [4.78, 5) is 26.7. The molecular weight excluding hydrogens is 418 g/mol. The maximum atomic E-state index is 12.6. The Kier molecular flexibility index (Phi) is 7.42. The molecule has 9 heteroatoms. The van der Waals surface area contributed by atoms with Crippen molar-refractivity contribution in [1.82, 2.24) is 9.21 Å². The largest absolute Gasteiger partial charge is 0.465 e. The van der Waals surface area contributed by atoms with Crippen LogP contribution in [-0.4, -0.2) is 68.5 Å². The van der Waals surface area contributed by atoms with E-state index in [1.165, 1.54) is 7.11 Å². The van der Waals surface area contributed by atoms with Crippen molar-refractivity contribution >= 4 is 27.6 Å². The minimum Gasteiger partial charge on any atom is -0.465 e. The van der Waals surface area contributed by atoms with Gasteiger partial charge in [0.15, 0.2) is 0 Å². The standard InChI is InChI=1S/C22H27N3O5S/c1-3-31(28,29)25-14-12-24(13-15-25)16-17-8-10-18(11-9-17)21(26)23-20-7-5-4-6-19(20)22(27)30-2/h4-11H,3,12-16H2,1-2H3,(H,23,26). The number of amides is 1. The van der Waals surface area contributed by atoms with Crippen LogP contribution in [0.4, 0.5) is 5.69 Å². The first-order valence-corrected chi connectivity index (χ1v) is 11.7. The molecule has 0 aliphatic carbocycles. The highest BCUT2D eigenvalue weighted by molar-refractivity contribution is 7.89. The van der Waals surface area contributed by atoms with E-state index < -0.39 is 16.0 Å². The third kappa shape index (κ3) is 5.69. The Morgan fingerprint density at radius 3 is 2.26 bits per heavy atom. The maximum absolute atomic E-state index is 12.6. The lowest BCUT2D eigenvalue weighted by Gasteiger charge is -2.33. The molecule has 0 saturated carbocycles. The van der Waals surface area contributed by atoms with E-state index in [9.17, 15) is 18.0 Å². The van der Waals surface area contributed by atoms with Crippen LogP contribution >= 0.6 is 0 Å². The van der Waals surface area contributed by atoms with Crippen molar-refractivity contribution in [2.45, 2.75) is 13.5 Å². The van der Waals surface area contributed by atoms with Crippen molar-refractivity contribution in [2.75, 3.05) is 44.4 Å². The van der Waals surface area contributed by atoms with Crippen LogP contribution in [0.25, 0.3) is 0 Å². The number of para-hydroxylation sites is 1. The first-order valence-electron chi connectivity index (χ1n) is 10.1. The molecule has 31 heavy (non-hydrogen) atoms. The summed E-state index contributed by atoms with van der Waals surface area (Å²) in [6.07, 6.45) is 0. The summed E-state index contributed by atoms with van der Waals surface area (Å²) in [6.45, 7) is 4.69. The molecule has 1 amide bonds. The number of ether oxygens (including phenoxy) is 1. The van der Waals surface area contributed by atoms with E-state index in [1.54, 1.807) is 47.6 Å². The van der Waals surface area contributed by atoms with Gasteiger partial charge in [-0.05, 0) is 36.8 Å². The molecule has 1 fully saturated rings. The zero-order chi connectivity index (χ0) is 22.4. The summed E-state index contributed by atoms with van der Waals surface area (Å²) in [6, 6.07) is 13.9. The Morgan fingerprint density at radius 1 is 1.00 bits per heavy atom. The van der Waals surface area contributed by atoms with Gasteiger partial charge in [0.1, 0.15) is 0 Å². The number of anilines is 1. The van der Waals surface area contributed by atoms with Gasteiger partial charge < -0.3 is 10.1 Å². The highest BCUT2D eigenvalue weighted by Gasteiger charge is 2.25. The molecule has 0 aromatic heterocycles. The van der Waals surface area contributed by atoms with Crippen molar-refractivity contribution < 1.29 is 22.7 Å². The molecule has 1 heterocycles. The van der Waals surface area contributed by atoms with Crippen LogP contribution in [0.1, 0.15) is 33.2 Å². The zero-order valence-corrected chi connectivity index (χ0v) is 18.5. The molecule has 0 unspecified atom stereocenters. The van der Waals surface area contributed by atoms with Crippen molar-refractivity contribution in [3.8, 4) is 0 Å². The van der Waals surface area contributed by atoms with Crippen molar-refractivity contribution in [3.63, 3.8) is 0 Å². The smallest absolute Gasteiger partial charge is 0.339 e. The van der Waals surface area contributed by atoms with Gasteiger partial charge in [-0.1, -0.05) is 24.3 Å². The Labute approximate surface area is 182 Å². The number of methoxy groups -OCH3 is 1. The van der Waals surface area contributed by atoms with Gasteiger partial charge in [0.25, 0.3) is 5.91 Å². The second kappa shape index (κ2) is 10.0. The van der Waals surface area contributed by atoms with Crippen LogP contribution in [0.3, 0.4) is 0 Å². The lowest BCUT2D eigenvalue weighted by molar-refractivity contribution is 0.0602. The number of hydrogen-bond donors (Lipinski definition) is 1. The van der Waals surface area contributed by atoms with Crippen molar-refractivity contribution in [2.24, 2.45) is 0 Å². The number of nitrogens with zero attached hydrogens (tertiary/aromatic N) is 2. The summed E-state index contributed by atoms with van der Waals surface area (Å²) in [5.41, 5.74) is 2.20. The van der Waals surface area contributed by atoms with Crippen LogP contribution in [-0.2, 0) is 21.3 Å². The zero-order valence-electron chi connectivity index (χ0n) is 17.7. The minimum absolute atomic E-state index is 0.126. The molecule has 1 N–H and O–H groups in total. The van der Waals surface area contributed by atoms with E-state index in [2.05, 4.69) is 10.2 Å². The molecule has 0 atom stereocenters. The van der Waals surface area contributed by atoms with E-state index >= 15 is 0 Å². The second-order valence-electron chi connectivity index (χ2n) is 7.26. The molecule has 0 radical (unpaired) electrons. The average molecular weight is 446 g/mol. The fourth-order valence-electron chi connectivity index (χ4n) is 3.44. The Balaban J connectivity index is 1.59. The van der Waals surface area contributed by atoms with E-state index in [0.717, 1.165) is 5.56 Å². The Morgan fingerprint density at radius 2 is 1.65 bits per heavy atom. The van der Waals surface area contributed by atoms with E-state index in [0.29, 0.717) is 49.5 Å². The Hall–Kier alpha value is -2.75. The normalized spacial score (nSPS) is 15.4. The predicted molar refractivity (Wildman–Crippen MR) is 118 cm³/mol. The molecule has 1 saturated heterocycles. The lowest BCUT2D eigenvalue weighted by Crippen LogP contribution is -2.48. The number of rotatable bonds is 7. The number of carbonyl (C=O) groups is 2. The monoisotopic (exact) mass is 445 g/mol. The van der Waals surface area contributed by atoms with Gasteiger partial charge >= 0.3 is 5.97 Å². The van der Waals surface area contributed by atoms with Gasteiger partial charge in [-0.15, -0.1) is 0 Å². The summed E-state index contributed by atoms with van der Waals surface area (Å²) < 4.78 is 30.2. The molecule has 0 spiro atoms. The van der Waals surface area contributed by atoms with Gasteiger partial charge in [-0.25, -0.2) is 13.2 Å². The summed E-state index contributed by atoms with van der Waals surface area (Å²) >= 11 is 0. The predicted octanol–water partition coefficient (Wildman–Crippen LogP) is 2.19. The van der Waals surface area contributed by atoms with Crippen LogP contribution in [0.15, 0.2) is 48.5 Å². The van der Waals surface area contributed by atoms with Gasteiger partial charge in [0.2, 0.25) is 10.0 Å². The first kappa shape index (κ1) is 22.9. The van der Waals surface area contributed by atoms with E-state index in [1.807, 2.05) is 12.1 Å². The second-order valence-corrected chi connectivity index (χ2v) is 9.52. The van der Waals surface area contributed by atoms with Crippen LogP contribution in [0, 0.1) is 0 Å². The molecule has 2 aromatic rings. The number of carbonyl (C=O) groups excluding carboxylic acids is 2. The number of nitrogens with one attached hydrogen (secondary N) is 1. The molecule has 8 nitrogen and oxygen atoms in total. The van der Waals surface area contributed by atoms with E-state index in [4.69, 9.17) is 4.74 Å². The SMILES string of the molecule is CCS(=O)(=O)N1CCN(Cc2ccc(C(=O)Nc3ccccc3C(=O)OC)cc2)CC1. The van der Waals surface area contributed by atoms with E-state index in [-0.39, 0.29) is 11.7 Å². The number of piperazine rings is 1. The van der Waals surface area contributed by atoms with Crippen LogP contribution < -0.4 is 5.32 Å². The van der Waals surface area contributed by atoms with Gasteiger partial charge in [-0.2, -0.15) is 4.31 Å². The molecule has 0 bridgehead atoms.